The molecule has 0 radical (unpaired) electrons. The van der Waals surface area contributed by atoms with Gasteiger partial charge in [0, 0.05) is 57.1 Å². The van der Waals surface area contributed by atoms with Crippen molar-refractivity contribution in [3.63, 3.8) is 0 Å². The van der Waals surface area contributed by atoms with Gasteiger partial charge in [-0.1, -0.05) is 24.6 Å². The second-order valence-corrected chi connectivity index (χ2v) is 9.97. The molecule has 0 aromatic carbocycles. The number of anilines is 2. The first-order valence-electron chi connectivity index (χ1n) is 12.4. The maximum Gasteiger partial charge on any atom is 0.264 e. The van der Waals surface area contributed by atoms with Gasteiger partial charge in [0.2, 0.25) is 5.95 Å². The number of piperidine rings is 1. The largest absolute Gasteiger partial charge is 0.383 e. The van der Waals surface area contributed by atoms with E-state index >= 15 is 0 Å². The number of hydrogen-bond donors (Lipinski definition) is 1. The van der Waals surface area contributed by atoms with Gasteiger partial charge in [0.1, 0.15) is 11.0 Å². The van der Waals surface area contributed by atoms with Gasteiger partial charge >= 0.3 is 0 Å². The summed E-state index contributed by atoms with van der Waals surface area (Å²) in [5.74, 6) is 1.23. The van der Waals surface area contributed by atoms with E-state index in [0.717, 1.165) is 64.1 Å². The molecule has 2 saturated heterocycles. The highest BCUT2D eigenvalue weighted by molar-refractivity contribution is 6.29. The van der Waals surface area contributed by atoms with Crippen LogP contribution in [0.4, 0.5) is 11.8 Å². The predicted octanol–water partition coefficient (Wildman–Crippen LogP) is 2.52. The van der Waals surface area contributed by atoms with E-state index in [4.69, 9.17) is 22.3 Å². The molecule has 35 heavy (non-hydrogen) atoms. The van der Waals surface area contributed by atoms with E-state index in [1.807, 2.05) is 19.2 Å². The number of aromatic nitrogens is 4. The highest BCUT2D eigenvalue weighted by Crippen LogP contribution is 2.26. The van der Waals surface area contributed by atoms with Crippen molar-refractivity contribution in [2.24, 2.45) is 7.05 Å². The van der Waals surface area contributed by atoms with Gasteiger partial charge in [0.25, 0.3) is 5.56 Å². The summed E-state index contributed by atoms with van der Waals surface area (Å²) in [6.07, 6.45) is 5.01. The Hall–Kier alpha value is -2.75. The van der Waals surface area contributed by atoms with Crippen molar-refractivity contribution in [2.45, 2.75) is 44.8 Å². The Morgan fingerprint density at radius 3 is 2.66 bits per heavy atom. The number of piperazine rings is 1. The summed E-state index contributed by atoms with van der Waals surface area (Å²) < 4.78 is 1.67. The minimum atomic E-state index is -0.0440. The van der Waals surface area contributed by atoms with Crippen LogP contribution in [0.3, 0.4) is 0 Å². The first-order chi connectivity index (χ1) is 16.9. The predicted molar refractivity (Wildman–Crippen MR) is 140 cm³/mol. The molecular formula is C25H33ClN8O. The van der Waals surface area contributed by atoms with Gasteiger partial charge in [0.05, 0.1) is 5.39 Å². The van der Waals surface area contributed by atoms with Gasteiger partial charge in [-0.05, 0) is 50.6 Å². The number of nitrogens with two attached hydrogens (primary N) is 1. The smallest absolute Gasteiger partial charge is 0.264 e. The number of pyridine rings is 2. The molecule has 9 nitrogen and oxygen atoms in total. The fourth-order valence-corrected chi connectivity index (χ4v) is 5.69. The quantitative estimate of drug-likeness (QED) is 0.538. The van der Waals surface area contributed by atoms with Gasteiger partial charge in [-0.25, -0.2) is 9.97 Å². The molecule has 10 heteroatoms. The van der Waals surface area contributed by atoms with Gasteiger partial charge in [0.15, 0.2) is 5.65 Å². The number of hydrogen-bond acceptors (Lipinski definition) is 8. The normalized spacial score (nSPS) is 20.5. The lowest BCUT2D eigenvalue weighted by Gasteiger charge is -2.47. The molecule has 186 valence electrons. The zero-order valence-electron chi connectivity index (χ0n) is 20.4. The van der Waals surface area contributed by atoms with Crippen molar-refractivity contribution >= 4 is 34.4 Å². The zero-order valence-corrected chi connectivity index (χ0v) is 21.2. The molecular weight excluding hydrogens is 464 g/mol. The molecule has 2 fully saturated rings. The molecule has 5 rings (SSSR count). The van der Waals surface area contributed by atoms with Crippen LogP contribution in [0.2, 0.25) is 5.15 Å². The molecule has 2 N–H and O–H groups in total. The summed E-state index contributed by atoms with van der Waals surface area (Å²) in [4.78, 5) is 33.5. The van der Waals surface area contributed by atoms with Crippen LogP contribution >= 0.6 is 11.6 Å². The topological polar surface area (TPSA) is 96.4 Å². The summed E-state index contributed by atoms with van der Waals surface area (Å²) >= 11 is 5.95. The van der Waals surface area contributed by atoms with Crippen molar-refractivity contribution in [1.29, 1.82) is 0 Å². The summed E-state index contributed by atoms with van der Waals surface area (Å²) in [6.45, 7) is 7.81. The Morgan fingerprint density at radius 1 is 1.11 bits per heavy atom. The molecule has 5 heterocycles. The first-order valence-corrected chi connectivity index (χ1v) is 12.8. The van der Waals surface area contributed by atoms with Crippen LogP contribution in [0, 0.1) is 0 Å². The maximum atomic E-state index is 12.9. The van der Waals surface area contributed by atoms with Crippen LogP contribution in [-0.2, 0) is 13.6 Å². The fraction of sp³-hybridized carbons (Fsp3) is 0.520. The Bertz CT molecular complexity index is 1260. The molecule has 0 unspecified atom stereocenters. The molecule has 3 aromatic rings. The lowest BCUT2D eigenvalue weighted by molar-refractivity contribution is 0.0608. The fourth-order valence-electron chi connectivity index (χ4n) is 5.53. The van der Waals surface area contributed by atoms with E-state index in [2.05, 4.69) is 31.6 Å². The molecule has 0 saturated carbocycles. The second kappa shape index (κ2) is 10.1. The molecule has 2 aliphatic rings. The zero-order chi connectivity index (χ0) is 24.5. The van der Waals surface area contributed by atoms with E-state index in [9.17, 15) is 4.79 Å². The number of likely N-dealkylation sites (tertiary alicyclic amines) is 1. The van der Waals surface area contributed by atoms with Crippen molar-refractivity contribution in [3.8, 4) is 0 Å². The first kappa shape index (κ1) is 24.0. The molecule has 0 bridgehead atoms. The molecule has 3 aromatic heterocycles. The monoisotopic (exact) mass is 496 g/mol. The second-order valence-electron chi connectivity index (χ2n) is 9.58. The van der Waals surface area contributed by atoms with E-state index in [0.29, 0.717) is 40.0 Å². The summed E-state index contributed by atoms with van der Waals surface area (Å²) in [5, 5.41) is 0.997. The molecule has 0 spiro atoms. The average Bonchev–Trinajstić information content (AvgIpc) is 2.88. The molecule has 1 atom stereocenters. The standard InChI is InChI=1S/C25H33ClN8O/c1-3-18-16-33(25-30-23-20(5-4-10-28-23)24(35)31(25)2)13-14-34(18)19-8-11-32(12-9-19)15-17-6-7-21(26)29-22(17)27/h4-7,10,18-19H,3,8-9,11-16H2,1-2H3,(H2,27,29)/t18-/m0/s1. The van der Waals surface area contributed by atoms with Gasteiger partial charge in [-0.2, -0.15) is 4.98 Å². The third-order valence-corrected chi connectivity index (χ3v) is 7.72. The Balaban J connectivity index is 1.24. The van der Waals surface area contributed by atoms with E-state index in [-0.39, 0.29) is 5.56 Å². The van der Waals surface area contributed by atoms with E-state index < -0.39 is 0 Å². The van der Waals surface area contributed by atoms with Crippen LogP contribution in [0.15, 0.2) is 35.3 Å². The summed E-state index contributed by atoms with van der Waals surface area (Å²) in [6, 6.07) is 8.35. The van der Waals surface area contributed by atoms with Gasteiger partial charge in [-0.15, -0.1) is 0 Å². The third-order valence-electron chi connectivity index (χ3n) is 7.51. The number of nitrogen functional groups attached to an aromatic ring is 1. The number of halogens is 1. The van der Waals surface area contributed by atoms with E-state index in [1.54, 1.807) is 22.9 Å². The highest BCUT2D eigenvalue weighted by Gasteiger charge is 2.34. The van der Waals surface area contributed by atoms with Crippen LogP contribution in [0.25, 0.3) is 11.0 Å². The highest BCUT2D eigenvalue weighted by atomic mass is 35.5. The van der Waals surface area contributed by atoms with Crippen LogP contribution < -0.4 is 16.2 Å². The van der Waals surface area contributed by atoms with Crippen molar-refractivity contribution < 1.29 is 0 Å². The number of fused-ring (bicyclic) bond motifs is 1. The SMILES string of the molecule is CC[C@H]1CN(c2nc3ncccc3c(=O)n2C)CCN1C1CCN(Cc2ccc(Cl)nc2N)CC1. The molecule has 2 aliphatic heterocycles. The lowest BCUT2D eigenvalue weighted by Crippen LogP contribution is -2.59. The van der Waals surface area contributed by atoms with Crippen LogP contribution in [-0.4, -0.2) is 74.1 Å². The Morgan fingerprint density at radius 2 is 1.91 bits per heavy atom. The molecule has 0 amide bonds. The minimum Gasteiger partial charge on any atom is -0.383 e. The Kier molecular flexibility index (Phi) is 6.91. The molecule has 0 aliphatic carbocycles. The van der Waals surface area contributed by atoms with Crippen molar-refractivity contribution in [2.75, 3.05) is 43.4 Å². The van der Waals surface area contributed by atoms with Crippen molar-refractivity contribution in [3.05, 3.63) is 51.5 Å². The maximum absolute atomic E-state index is 12.9. The lowest BCUT2D eigenvalue weighted by atomic mass is 9.98. The third kappa shape index (κ3) is 4.85. The summed E-state index contributed by atoms with van der Waals surface area (Å²) in [5.41, 5.74) is 7.58. The minimum absolute atomic E-state index is 0.0440. The number of nitrogens with zero attached hydrogens (tertiary/aromatic N) is 7. The number of rotatable bonds is 5. The Labute approximate surface area is 210 Å². The van der Waals surface area contributed by atoms with Crippen LogP contribution in [0.5, 0.6) is 0 Å². The van der Waals surface area contributed by atoms with Crippen molar-refractivity contribution in [1.82, 2.24) is 29.3 Å². The van der Waals surface area contributed by atoms with Gasteiger partial charge in [-0.3, -0.25) is 19.2 Å². The van der Waals surface area contributed by atoms with Crippen LogP contribution in [0.1, 0.15) is 31.7 Å². The summed E-state index contributed by atoms with van der Waals surface area (Å²) in [7, 11) is 1.81. The van der Waals surface area contributed by atoms with E-state index in [1.165, 1.54) is 0 Å². The van der Waals surface area contributed by atoms with Gasteiger partial charge < -0.3 is 10.6 Å². The average molecular weight is 497 g/mol.